The van der Waals surface area contributed by atoms with Gasteiger partial charge in [0.15, 0.2) is 5.82 Å². The first kappa shape index (κ1) is 13.6. The van der Waals surface area contributed by atoms with Gasteiger partial charge in [-0.25, -0.2) is 9.67 Å². The normalized spacial score (nSPS) is 12.2. The van der Waals surface area contributed by atoms with Crippen LogP contribution in [0.3, 0.4) is 0 Å². The molecule has 0 atom stereocenters. The number of halogens is 3. The minimum atomic E-state index is -4.37. The molecule has 102 valence electrons. The van der Waals surface area contributed by atoms with E-state index in [4.69, 9.17) is 0 Å². The van der Waals surface area contributed by atoms with Gasteiger partial charge < -0.3 is 0 Å². The highest BCUT2D eigenvalue weighted by Gasteiger charge is 2.30. The lowest BCUT2D eigenvalue weighted by molar-refractivity contribution is -0.137. The molecule has 0 N–H and O–H groups in total. The van der Waals surface area contributed by atoms with Crippen LogP contribution in [0, 0.1) is 6.92 Å². The van der Waals surface area contributed by atoms with Gasteiger partial charge in [-0.1, -0.05) is 13.8 Å². The highest BCUT2D eigenvalue weighted by molar-refractivity contribution is 5.31. The van der Waals surface area contributed by atoms with Crippen LogP contribution in [0.15, 0.2) is 24.5 Å². The summed E-state index contributed by atoms with van der Waals surface area (Å²) in [6, 6.07) is 2.34. The number of hydrogen-bond donors (Lipinski definition) is 0. The predicted octanol–water partition coefficient (Wildman–Crippen LogP) is 3.72. The summed E-state index contributed by atoms with van der Waals surface area (Å²) in [5.41, 5.74) is 1.19. The summed E-state index contributed by atoms with van der Waals surface area (Å²) in [5, 5.41) is 4.17. The molecule has 0 aliphatic heterocycles. The van der Waals surface area contributed by atoms with Gasteiger partial charge in [-0.15, -0.1) is 0 Å². The Morgan fingerprint density at radius 1 is 1.16 bits per heavy atom. The SMILES string of the molecule is Cc1c(C(C)C)cnn1-c1ccc(C(F)(F)F)cn1. The lowest BCUT2D eigenvalue weighted by Gasteiger charge is -2.09. The van der Waals surface area contributed by atoms with E-state index in [2.05, 4.69) is 10.1 Å². The van der Waals surface area contributed by atoms with Gasteiger partial charge in [-0.05, 0) is 30.5 Å². The van der Waals surface area contributed by atoms with E-state index in [0.29, 0.717) is 11.7 Å². The molecule has 0 bridgehead atoms. The summed E-state index contributed by atoms with van der Waals surface area (Å²) in [6.07, 6.45) is -1.82. The zero-order valence-corrected chi connectivity index (χ0v) is 10.9. The molecule has 0 saturated carbocycles. The van der Waals surface area contributed by atoms with Crippen molar-refractivity contribution in [2.45, 2.75) is 32.9 Å². The quantitative estimate of drug-likeness (QED) is 0.832. The highest BCUT2D eigenvalue weighted by Crippen LogP contribution is 2.29. The third-order valence-electron chi connectivity index (χ3n) is 2.96. The molecule has 2 aromatic heterocycles. The predicted molar refractivity (Wildman–Crippen MR) is 65.2 cm³/mol. The molecular formula is C13H14F3N3. The van der Waals surface area contributed by atoms with E-state index in [0.717, 1.165) is 23.5 Å². The summed E-state index contributed by atoms with van der Waals surface area (Å²) in [5.74, 6) is 0.695. The van der Waals surface area contributed by atoms with Crippen molar-refractivity contribution in [1.82, 2.24) is 14.8 Å². The van der Waals surface area contributed by atoms with Crippen LogP contribution in [-0.4, -0.2) is 14.8 Å². The number of pyridine rings is 1. The van der Waals surface area contributed by atoms with Crippen molar-refractivity contribution in [2.24, 2.45) is 0 Å². The maximum atomic E-state index is 12.4. The fourth-order valence-electron chi connectivity index (χ4n) is 1.90. The van der Waals surface area contributed by atoms with Crippen LogP contribution in [0.2, 0.25) is 0 Å². The van der Waals surface area contributed by atoms with Crippen molar-refractivity contribution in [3.63, 3.8) is 0 Å². The second-order valence-electron chi connectivity index (χ2n) is 4.65. The number of hydrogen-bond acceptors (Lipinski definition) is 2. The van der Waals surface area contributed by atoms with E-state index < -0.39 is 11.7 Å². The molecule has 19 heavy (non-hydrogen) atoms. The minimum Gasteiger partial charge on any atom is -0.236 e. The molecule has 0 amide bonds. The lowest BCUT2D eigenvalue weighted by atomic mass is 10.1. The van der Waals surface area contributed by atoms with Gasteiger partial charge in [-0.2, -0.15) is 18.3 Å². The van der Waals surface area contributed by atoms with Gasteiger partial charge in [0, 0.05) is 11.9 Å². The standard InChI is InChI=1S/C13H14F3N3/c1-8(2)11-7-18-19(9(11)3)12-5-4-10(6-17-12)13(14,15)16/h4-8H,1-3H3. The largest absolute Gasteiger partial charge is 0.417 e. The fourth-order valence-corrected chi connectivity index (χ4v) is 1.90. The van der Waals surface area contributed by atoms with E-state index in [1.165, 1.54) is 6.07 Å². The topological polar surface area (TPSA) is 30.7 Å². The Hall–Kier alpha value is -1.85. The van der Waals surface area contributed by atoms with E-state index in [1.54, 1.807) is 10.9 Å². The molecule has 0 saturated heterocycles. The molecule has 0 aliphatic rings. The maximum Gasteiger partial charge on any atom is 0.417 e. The Balaban J connectivity index is 2.38. The number of aromatic nitrogens is 3. The average molecular weight is 269 g/mol. The molecular weight excluding hydrogens is 255 g/mol. The molecule has 3 nitrogen and oxygen atoms in total. The Bertz CT molecular complexity index is 568. The zero-order valence-electron chi connectivity index (χ0n) is 10.9. The van der Waals surface area contributed by atoms with Crippen LogP contribution in [-0.2, 0) is 6.18 Å². The average Bonchev–Trinajstić information content (AvgIpc) is 2.70. The first-order chi connectivity index (χ1) is 8.80. The Kier molecular flexibility index (Phi) is 3.34. The smallest absolute Gasteiger partial charge is 0.236 e. The number of alkyl halides is 3. The molecule has 0 fully saturated rings. The number of rotatable bonds is 2. The minimum absolute atomic E-state index is 0.309. The molecule has 0 aromatic carbocycles. The molecule has 0 radical (unpaired) electrons. The summed E-state index contributed by atoms with van der Waals surface area (Å²) in [4.78, 5) is 3.83. The fraction of sp³-hybridized carbons (Fsp3) is 0.385. The Morgan fingerprint density at radius 2 is 1.84 bits per heavy atom. The van der Waals surface area contributed by atoms with Crippen molar-refractivity contribution < 1.29 is 13.2 Å². The van der Waals surface area contributed by atoms with Crippen LogP contribution in [0.1, 0.15) is 36.6 Å². The molecule has 6 heteroatoms. The van der Waals surface area contributed by atoms with Crippen molar-refractivity contribution in [1.29, 1.82) is 0 Å². The van der Waals surface area contributed by atoms with Crippen molar-refractivity contribution in [3.05, 3.63) is 41.3 Å². The molecule has 0 unspecified atom stereocenters. The van der Waals surface area contributed by atoms with Crippen LogP contribution in [0.5, 0.6) is 0 Å². The van der Waals surface area contributed by atoms with Gasteiger partial charge in [0.25, 0.3) is 0 Å². The summed E-state index contributed by atoms with van der Waals surface area (Å²) >= 11 is 0. The summed E-state index contributed by atoms with van der Waals surface area (Å²) in [7, 11) is 0. The van der Waals surface area contributed by atoms with Crippen LogP contribution in [0.25, 0.3) is 5.82 Å². The molecule has 2 aromatic rings. The molecule has 0 spiro atoms. The van der Waals surface area contributed by atoms with Crippen LogP contribution in [0.4, 0.5) is 13.2 Å². The van der Waals surface area contributed by atoms with Gasteiger partial charge in [0.05, 0.1) is 11.8 Å². The third kappa shape index (κ3) is 2.62. The van der Waals surface area contributed by atoms with E-state index in [1.807, 2.05) is 20.8 Å². The summed E-state index contributed by atoms with van der Waals surface area (Å²) in [6.45, 7) is 5.95. The van der Waals surface area contributed by atoms with Gasteiger partial charge >= 0.3 is 6.18 Å². The third-order valence-corrected chi connectivity index (χ3v) is 2.96. The second kappa shape index (κ2) is 4.68. The Labute approximate surface area is 109 Å². The Morgan fingerprint density at radius 3 is 2.26 bits per heavy atom. The van der Waals surface area contributed by atoms with Crippen molar-refractivity contribution in [2.75, 3.05) is 0 Å². The van der Waals surface area contributed by atoms with Crippen LogP contribution >= 0.6 is 0 Å². The molecule has 0 aliphatic carbocycles. The van der Waals surface area contributed by atoms with Crippen molar-refractivity contribution >= 4 is 0 Å². The molecule has 2 heterocycles. The molecule has 2 rings (SSSR count). The number of nitrogens with zero attached hydrogens (tertiary/aromatic N) is 3. The van der Waals surface area contributed by atoms with Gasteiger partial charge in [-0.3, -0.25) is 0 Å². The first-order valence-electron chi connectivity index (χ1n) is 5.89. The zero-order chi connectivity index (χ0) is 14.2. The highest BCUT2D eigenvalue weighted by atomic mass is 19.4. The summed E-state index contributed by atoms with van der Waals surface area (Å²) < 4.78 is 38.9. The van der Waals surface area contributed by atoms with E-state index >= 15 is 0 Å². The lowest BCUT2D eigenvalue weighted by Crippen LogP contribution is -2.08. The van der Waals surface area contributed by atoms with E-state index in [9.17, 15) is 13.2 Å². The maximum absolute atomic E-state index is 12.4. The first-order valence-corrected chi connectivity index (χ1v) is 5.89. The van der Waals surface area contributed by atoms with Gasteiger partial charge in [0.1, 0.15) is 0 Å². The second-order valence-corrected chi connectivity index (χ2v) is 4.65. The van der Waals surface area contributed by atoms with Crippen molar-refractivity contribution in [3.8, 4) is 5.82 Å². The monoisotopic (exact) mass is 269 g/mol. The van der Waals surface area contributed by atoms with E-state index in [-0.39, 0.29) is 0 Å². The van der Waals surface area contributed by atoms with Crippen LogP contribution < -0.4 is 0 Å². The van der Waals surface area contributed by atoms with Gasteiger partial charge in [0.2, 0.25) is 0 Å².